The van der Waals surface area contributed by atoms with Crippen LogP contribution in [0.5, 0.6) is 0 Å². The van der Waals surface area contributed by atoms with E-state index in [1.807, 2.05) is 6.92 Å². The van der Waals surface area contributed by atoms with Gasteiger partial charge >= 0.3 is 0 Å². The van der Waals surface area contributed by atoms with Crippen LogP contribution in [0.3, 0.4) is 0 Å². The van der Waals surface area contributed by atoms with E-state index in [2.05, 4.69) is 6.92 Å². The van der Waals surface area contributed by atoms with Crippen LogP contribution in [0.25, 0.3) is 0 Å². The number of nitrogens with two attached hydrogens (primary N) is 1. The molecule has 0 radical (unpaired) electrons. The summed E-state index contributed by atoms with van der Waals surface area (Å²) in [5.41, 5.74) is 5.27. The van der Waals surface area contributed by atoms with Crippen molar-refractivity contribution in [1.82, 2.24) is 0 Å². The molecule has 56 valence electrons. The Morgan fingerprint density at radius 3 is 2.44 bits per heavy atom. The highest BCUT2D eigenvalue weighted by molar-refractivity contribution is 4.64. The first-order chi connectivity index (χ1) is 4.12. The highest BCUT2D eigenvalue weighted by atomic mass is 16.5. The van der Waals surface area contributed by atoms with Crippen molar-refractivity contribution in [2.45, 2.75) is 38.8 Å². The van der Waals surface area contributed by atoms with Crippen molar-refractivity contribution in [1.29, 1.82) is 0 Å². The summed E-state index contributed by atoms with van der Waals surface area (Å²) in [5, 5.41) is 0. The van der Waals surface area contributed by atoms with Gasteiger partial charge in [-0.2, -0.15) is 0 Å². The molecule has 0 spiro atoms. The smallest absolute Gasteiger partial charge is 0.113 e. The van der Waals surface area contributed by atoms with E-state index in [4.69, 9.17) is 10.5 Å². The lowest BCUT2D eigenvalue weighted by Crippen LogP contribution is -2.37. The summed E-state index contributed by atoms with van der Waals surface area (Å²) in [7, 11) is 1.65. The van der Waals surface area contributed by atoms with Crippen molar-refractivity contribution in [3.8, 4) is 0 Å². The molecule has 0 aliphatic rings. The summed E-state index contributed by atoms with van der Waals surface area (Å²) in [6.45, 7) is 4.05. The molecule has 1 atom stereocenters. The fraction of sp³-hybridized carbons (Fsp3) is 1.00. The normalized spacial score (nSPS) is 17.3. The molecule has 0 aliphatic carbocycles. The summed E-state index contributed by atoms with van der Waals surface area (Å²) in [6, 6.07) is 0. The Kier molecular flexibility index (Phi) is 3.82. The summed E-state index contributed by atoms with van der Waals surface area (Å²) in [6.07, 6.45) is 3.26. The van der Waals surface area contributed by atoms with Crippen LogP contribution in [-0.4, -0.2) is 12.8 Å². The predicted molar refractivity (Wildman–Crippen MR) is 39.1 cm³/mol. The van der Waals surface area contributed by atoms with Gasteiger partial charge in [-0.1, -0.05) is 13.3 Å². The monoisotopic (exact) mass is 131 g/mol. The number of hydrogen-bond acceptors (Lipinski definition) is 2. The van der Waals surface area contributed by atoms with Crippen molar-refractivity contribution in [3.05, 3.63) is 0 Å². The fourth-order valence-electron chi connectivity index (χ4n) is 0.630. The quantitative estimate of drug-likeness (QED) is 0.587. The van der Waals surface area contributed by atoms with E-state index in [9.17, 15) is 0 Å². The Morgan fingerprint density at radius 1 is 1.56 bits per heavy atom. The number of ether oxygens (including phenoxy) is 1. The Balaban J connectivity index is 3.33. The molecular weight excluding hydrogens is 114 g/mol. The average molecular weight is 131 g/mol. The SMILES string of the molecule is CCCCC(C)(N)OC. The van der Waals surface area contributed by atoms with E-state index >= 15 is 0 Å². The van der Waals surface area contributed by atoms with Crippen LogP contribution in [0.15, 0.2) is 0 Å². The van der Waals surface area contributed by atoms with Gasteiger partial charge in [0.05, 0.1) is 0 Å². The first kappa shape index (κ1) is 8.92. The van der Waals surface area contributed by atoms with E-state index in [0.29, 0.717) is 0 Å². The minimum Gasteiger partial charge on any atom is -0.364 e. The number of rotatable bonds is 4. The molecule has 1 unspecified atom stereocenters. The second-order valence-electron chi connectivity index (χ2n) is 2.62. The summed E-state index contributed by atoms with van der Waals surface area (Å²) >= 11 is 0. The highest BCUT2D eigenvalue weighted by Gasteiger charge is 2.14. The van der Waals surface area contributed by atoms with Gasteiger partial charge < -0.3 is 10.5 Å². The first-order valence-corrected chi connectivity index (χ1v) is 3.46. The van der Waals surface area contributed by atoms with Gasteiger partial charge in [-0.25, -0.2) is 0 Å². The second kappa shape index (κ2) is 3.85. The molecule has 0 heterocycles. The van der Waals surface area contributed by atoms with E-state index in [0.717, 1.165) is 12.8 Å². The van der Waals surface area contributed by atoms with Gasteiger partial charge in [0, 0.05) is 7.11 Å². The maximum absolute atomic E-state index is 5.68. The topological polar surface area (TPSA) is 35.2 Å². The minimum atomic E-state index is -0.407. The Hall–Kier alpha value is -0.0800. The van der Waals surface area contributed by atoms with Gasteiger partial charge in [-0.15, -0.1) is 0 Å². The third kappa shape index (κ3) is 4.43. The lowest BCUT2D eigenvalue weighted by atomic mass is 10.1. The lowest BCUT2D eigenvalue weighted by molar-refractivity contribution is 0.00278. The van der Waals surface area contributed by atoms with Crippen molar-refractivity contribution < 1.29 is 4.74 Å². The first-order valence-electron chi connectivity index (χ1n) is 3.46. The Bertz CT molecular complexity index is 71.3. The van der Waals surface area contributed by atoms with Crippen LogP contribution in [0, 0.1) is 0 Å². The van der Waals surface area contributed by atoms with Crippen molar-refractivity contribution in [2.24, 2.45) is 5.73 Å². The third-order valence-electron chi connectivity index (χ3n) is 1.49. The van der Waals surface area contributed by atoms with Crippen LogP contribution >= 0.6 is 0 Å². The zero-order valence-corrected chi connectivity index (χ0v) is 6.61. The largest absolute Gasteiger partial charge is 0.364 e. The minimum absolute atomic E-state index is 0.407. The lowest BCUT2D eigenvalue weighted by Gasteiger charge is -2.21. The van der Waals surface area contributed by atoms with Crippen molar-refractivity contribution in [2.75, 3.05) is 7.11 Å². The van der Waals surface area contributed by atoms with E-state index in [1.54, 1.807) is 7.11 Å². The van der Waals surface area contributed by atoms with Crippen LogP contribution in [0.1, 0.15) is 33.1 Å². The van der Waals surface area contributed by atoms with Crippen LogP contribution in [0.2, 0.25) is 0 Å². The van der Waals surface area contributed by atoms with Crippen LogP contribution < -0.4 is 5.73 Å². The molecular formula is C7H17NO. The van der Waals surface area contributed by atoms with Gasteiger partial charge in [0.1, 0.15) is 5.72 Å². The molecule has 0 rings (SSSR count). The zero-order chi connectivity index (χ0) is 7.33. The average Bonchev–Trinajstić information content (AvgIpc) is 1.84. The van der Waals surface area contributed by atoms with E-state index in [-0.39, 0.29) is 0 Å². The maximum atomic E-state index is 5.68. The van der Waals surface area contributed by atoms with Gasteiger partial charge in [0.15, 0.2) is 0 Å². The second-order valence-corrected chi connectivity index (χ2v) is 2.62. The summed E-state index contributed by atoms with van der Waals surface area (Å²) in [4.78, 5) is 0. The third-order valence-corrected chi connectivity index (χ3v) is 1.49. The standard InChI is InChI=1S/C7H17NO/c1-4-5-6-7(2,8)9-3/h4-6,8H2,1-3H3. The molecule has 0 bridgehead atoms. The number of hydrogen-bond donors (Lipinski definition) is 1. The molecule has 0 amide bonds. The number of methoxy groups -OCH3 is 1. The summed E-state index contributed by atoms with van der Waals surface area (Å²) < 4.78 is 5.02. The maximum Gasteiger partial charge on any atom is 0.113 e. The molecule has 2 N–H and O–H groups in total. The summed E-state index contributed by atoms with van der Waals surface area (Å²) in [5.74, 6) is 0. The molecule has 0 aromatic carbocycles. The van der Waals surface area contributed by atoms with Gasteiger partial charge in [0.2, 0.25) is 0 Å². The van der Waals surface area contributed by atoms with Crippen molar-refractivity contribution >= 4 is 0 Å². The fourth-order valence-corrected chi connectivity index (χ4v) is 0.630. The van der Waals surface area contributed by atoms with Gasteiger partial charge in [0.25, 0.3) is 0 Å². The van der Waals surface area contributed by atoms with Gasteiger partial charge in [-0.05, 0) is 19.8 Å². The molecule has 0 aliphatic heterocycles. The van der Waals surface area contributed by atoms with E-state index in [1.165, 1.54) is 6.42 Å². The van der Waals surface area contributed by atoms with E-state index < -0.39 is 5.72 Å². The zero-order valence-electron chi connectivity index (χ0n) is 6.61. The predicted octanol–water partition coefficient (Wildman–Crippen LogP) is 1.50. The molecule has 0 saturated heterocycles. The Morgan fingerprint density at radius 2 is 2.11 bits per heavy atom. The van der Waals surface area contributed by atoms with Crippen molar-refractivity contribution in [3.63, 3.8) is 0 Å². The number of unbranched alkanes of at least 4 members (excludes halogenated alkanes) is 1. The molecule has 0 aromatic heterocycles. The molecule has 2 heteroatoms. The van der Waals surface area contributed by atoms with Crippen LogP contribution in [-0.2, 0) is 4.74 Å². The molecule has 0 fully saturated rings. The van der Waals surface area contributed by atoms with Crippen LogP contribution in [0.4, 0.5) is 0 Å². The van der Waals surface area contributed by atoms with Gasteiger partial charge in [-0.3, -0.25) is 0 Å². The molecule has 0 aromatic rings. The molecule has 0 saturated carbocycles. The Labute approximate surface area is 57.4 Å². The highest BCUT2D eigenvalue weighted by Crippen LogP contribution is 2.09. The molecule has 9 heavy (non-hydrogen) atoms. The molecule has 2 nitrogen and oxygen atoms in total.